The fraction of sp³-hybridized carbons (Fsp3) is 0.235. The van der Waals surface area contributed by atoms with Gasteiger partial charge in [-0.1, -0.05) is 24.8 Å². The van der Waals surface area contributed by atoms with Gasteiger partial charge in [0.2, 0.25) is 0 Å². The van der Waals surface area contributed by atoms with E-state index in [0.717, 1.165) is 27.9 Å². The van der Waals surface area contributed by atoms with Crippen LogP contribution in [0.15, 0.2) is 40.9 Å². The van der Waals surface area contributed by atoms with E-state index in [9.17, 15) is 4.39 Å². The molecule has 0 spiro atoms. The van der Waals surface area contributed by atoms with Crippen molar-refractivity contribution in [2.24, 2.45) is 17.8 Å². The van der Waals surface area contributed by atoms with Crippen molar-refractivity contribution in [1.82, 2.24) is 4.57 Å². The normalized spacial score (nSPS) is 14.7. The highest BCUT2D eigenvalue weighted by Gasteiger charge is 2.05. The largest absolute Gasteiger partial charge is 0.400 e. The lowest BCUT2D eigenvalue weighted by atomic mass is 10.1. The van der Waals surface area contributed by atoms with Crippen LogP contribution in [0.2, 0.25) is 0 Å². The van der Waals surface area contributed by atoms with E-state index in [-0.39, 0.29) is 5.70 Å². The van der Waals surface area contributed by atoms with Gasteiger partial charge in [0, 0.05) is 35.1 Å². The molecule has 4 heteroatoms. The Morgan fingerprint density at radius 2 is 2.05 bits per heavy atom. The van der Waals surface area contributed by atoms with Crippen molar-refractivity contribution in [1.29, 1.82) is 0 Å². The number of allylic oxidation sites excluding steroid dienone is 4. The van der Waals surface area contributed by atoms with E-state index in [2.05, 4.69) is 18.2 Å². The molecule has 0 saturated heterocycles. The summed E-state index contributed by atoms with van der Waals surface area (Å²) < 4.78 is 15.3. The smallest absolute Gasteiger partial charge is 0.159 e. The van der Waals surface area contributed by atoms with Gasteiger partial charge in [-0.3, -0.25) is 4.99 Å². The Balaban J connectivity index is 3.36. The highest BCUT2D eigenvalue weighted by atomic mass is 19.1. The van der Waals surface area contributed by atoms with E-state index in [4.69, 9.17) is 5.73 Å². The monoisotopic (exact) mass is 287 g/mol. The van der Waals surface area contributed by atoms with Crippen LogP contribution in [0.3, 0.4) is 0 Å². The van der Waals surface area contributed by atoms with Gasteiger partial charge in [-0.25, -0.2) is 4.39 Å². The molecule has 0 aliphatic heterocycles. The molecule has 1 heterocycles. The van der Waals surface area contributed by atoms with E-state index < -0.39 is 5.83 Å². The van der Waals surface area contributed by atoms with Crippen molar-refractivity contribution < 1.29 is 4.39 Å². The van der Waals surface area contributed by atoms with Crippen molar-refractivity contribution in [2.45, 2.75) is 20.8 Å². The quantitative estimate of drug-likeness (QED) is 0.849. The Bertz CT molecular complexity index is 742. The topological polar surface area (TPSA) is 43.3 Å². The Hall–Kier alpha value is -2.36. The summed E-state index contributed by atoms with van der Waals surface area (Å²) in [6.07, 6.45) is 6.98. The first kappa shape index (κ1) is 16.7. The zero-order valence-corrected chi connectivity index (χ0v) is 13.1. The number of aliphatic imine (C=N–C) groups is 1. The minimum atomic E-state index is -0.558. The fourth-order valence-corrected chi connectivity index (χ4v) is 1.69. The standard InChI is InChI=1S/C17H22FN3/c1-7-11(2)8-15-14(5)21(6)10-16(15)13(4)20-9-17(18)12(3)19/h7-10H,4-5,19H2,1-3,6H3/b11-7-,15-8+,17-12-,20-9?. The molecule has 0 aliphatic rings. The molecule has 0 saturated carbocycles. The summed E-state index contributed by atoms with van der Waals surface area (Å²) in [4.78, 5) is 4.05. The summed E-state index contributed by atoms with van der Waals surface area (Å²) in [5.74, 6) is -0.558. The third kappa shape index (κ3) is 4.05. The molecular formula is C17H22FN3. The number of nitrogens with zero attached hydrogens (tertiary/aromatic N) is 2. The Labute approximate surface area is 125 Å². The minimum absolute atomic E-state index is 0.0917. The van der Waals surface area contributed by atoms with Gasteiger partial charge in [0.05, 0.1) is 11.9 Å². The number of halogens is 1. The number of hydrogen-bond acceptors (Lipinski definition) is 2. The van der Waals surface area contributed by atoms with E-state index in [1.807, 2.05) is 43.8 Å². The molecule has 3 nitrogen and oxygen atoms in total. The number of aromatic nitrogens is 1. The minimum Gasteiger partial charge on any atom is -0.400 e. The molecule has 112 valence electrons. The van der Waals surface area contributed by atoms with Crippen molar-refractivity contribution in [2.75, 3.05) is 0 Å². The van der Waals surface area contributed by atoms with Crippen LogP contribution >= 0.6 is 0 Å². The number of rotatable bonds is 4. The first-order valence-electron chi connectivity index (χ1n) is 6.62. The Morgan fingerprint density at radius 3 is 2.57 bits per heavy atom. The van der Waals surface area contributed by atoms with Crippen LogP contribution in [0.4, 0.5) is 4.39 Å². The molecule has 0 amide bonds. The van der Waals surface area contributed by atoms with Crippen LogP contribution in [0.5, 0.6) is 0 Å². The molecule has 0 radical (unpaired) electrons. The maximum Gasteiger partial charge on any atom is 0.159 e. The highest BCUT2D eigenvalue weighted by Crippen LogP contribution is 2.09. The molecule has 0 fully saturated rings. The highest BCUT2D eigenvalue weighted by molar-refractivity contribution is 5.83. The Morgan fingerprint density at radius 1 is 1.43 bits per heavy atom. The Kier molecular flexibility index (Phi) is 5.47. The second-order valence-corrected chi connectivity index (χ2v) is 4.93. The first-order valence-corrected chi connectivity index (χ1v) is 6.62. The third-order valence-electron chi connectivity index (χ3n) is 3.20. The fourth-order valence-electron chi connectivity index (χ4n) is 1.69. The molecule has 21 heavy (non-hydrogen) atoms. The van der Waals surface area contributed by atoms with Gasteiger partial charge in [-0.2, -0.15) is 0 Å². The van der Waals surface area contributed by atoms with Crippen molar-refractivity contribution in [3.05, 3.63) is 52.1 Å². The first-order chi connectivity index (χ1) is 9.77. The second-order valence-electron chi connectivity index (χ2n) is 4.93. The zero-order valence-electron chi connectivity index (χ0n) is 13.1. The predicted octanol–water partition coefficient (Wildman–Crippen LogP) is 2.38. The summed E-state index contributed by atoms with van der Waals surface area (Å²) in [6.45, 7) is 13.4. The van der Waals surface area contributed by atoms with E-state index in [1.54, 1.807) is 0 Å². The van der Waals surface area contributed by atoms with Gasteiger partial charge in [0.1, 0.15) is 0 Å². The predicted molar refractivity (Wildman–Crippen MR) is 89.6 cm³/mol. The third-order valence-corrected chi connectivity index (χ3v) is 3.20. The lowest BCUT2D eigenvalue weighted by molar-refractivity contribution is 0.672. The van der Waals surface area contributed by atoms with Gasteiger partial charge in [0.15, 0.2) is 5.83 Å². The number of hydrogen-bond donors (Lipinski definition) is 1. The average molecular weight is 287 g/mol. The molecular weight excluding hydrogens is 265 g/mol. The summed E-state index contributed by atoms with van der Waals surface area (Å²) in [5, 5.41) is 1.79. The maximum absolute atomic E-state index is 13.4. The number of nitrogens with two attached hydrogens (primary N) is 1. The van der Waals surface area contributed by atoms with Crippen molar-refractivity contribution in [3.8, 4) is 0 Å². The van der Waals surface area contributed by atoms with Gasteiger partial charge >= 0.3 is 0 Å². The second kappa shape index (κ2) is 6.88. The number of aryl methyl sites for hydroxylation is 1. The molecule has 2 N–H and O–H groups in total. The summed E-state index contributed by atoms with van der Waals surface area (Å²) in [5.41, 5.74) is 7.84. The van der Waals surface area contributed by atoms with E-state index in [0.29, 0.717) is 5.70 Å². The lowest BCUT2D eigenvalue weighted by Crippen LogP contribution is -2.27. The van der Waals surface area contributed by atoms with Gasteiger partial charge in [-0.15, -0.1) is 0 Å². The maximum atomic E-state index is 13.4. The van der Waals surface area contributed by atoms with Crippen LogP contribution < -0.4 is 16.3 Å². The van der Waals surface area contributed by atoms with Crippen LogP contribution in [-0.2, 0) is 7.05 Å². The molecule has 1 aromatic heterocycles. The van der Waals surface area contributed by atoms with Crippen LogP contribution in [0, 0.1) is 0 Å². The molecule has 0 aliphatic carbocycles. The van der Waals surface area contributed by atoms with Crippen molar-refractivity contribution in [3.63, 3.8) is 0 Å². The molecule has 1 rings (SSSR count). The molecule has 0 atom stereocenters. The summed E-state index contributed by atoms with van der Waals surface area (Å²) in [7, 11) is 1.90. The van der Waals surface area contributed by atoms with Gasteiger partial charge in [0.25, 0.3) is 0 Å². The SMILES string of the molecule is C=C(N=C/C(F)=C(\C)N)c1cn(C)c(=C)/c1=C\C(C)=C/C. The van der Waals surface area contributed by atoms with Crippen LogP contribution in [0.1, 0.15) is 26.3 Å². The van der Waals surface area contributed by atoms with Gasteiger partial charge in [-0.05, 0) is 26.8 Å². The summed E-state index contributed by atoms with van der Waals surface area (Å²) in [6, 6.07) is 0. The van der Waals surface area contributed by atoms with E-state index in [1.165, 1.54) is 6.92 Å². The average Bonchev–Trinajstić information content (AvgIpc) is 2.72. The van der Waals surface area contributed by atoms with Crippen LogP contribution in [0.25, 0.3) is 18.4 Å². The summed E-state index contributed by atoms with van der Waals surface area (Å²) >= 11 is 0. The molecule has 0 unspecified atom stereocenters. The van der Waals surface area contributed by atoms with E-state index >= 15 is 0 Å². The molecule has 0 aromatic carbocycles. The molecule has 0 bridgehead atoms. The zero-order chi connectivity index (χ0) is 16.2. The lowest BCUT2D eigenvalue weighted by Gasteiger charge is -1.97. The molecule has 1 aromatic rings. The van der Waals surface area contributed by atoms with Crippen LogP contribution in [-0.4, -0.2) is 10.8 Å². The van der Waals surface area contributed by atoms with Gasteiger partial charge < -0.3 is 10.3 Å². The van der Waals surface area contributed by atoms with Crippen molar-refractivity contribution >= 4 is 24.6 Å².